The molecule has 0 bridgehead atoms. The lowest BCUT2D eigenvalue weighted by molar-refractivity contribution is -0.0611. The lowest BCUT2D eigenvalue weighted by atomic mass is 9.98. The number of nitrogens with zero attached hydrogens (tertiary/aromatic N) is 2. The summed E-state index contributed by atoms with van der Waals surface area (Å²) in [4.78, 5) is 24.7. The van der Waals surface area contributed by atoms with Gasteiger partial charge in [0.1, 0.15) is 15.9 Å². The molecule has 0 fully saturated rings. The van der Waals surface area contributed by atoms with Crippen molar-refractivity contribution in [2.24, 2.45) is 0 Å². The van der Waals surface area contributed by atoms with Crippen LogP contribution in [0.2, 0.25) is 0 Å². The SMILES string of the molecule is COC(=O)c1cc(Br)nn1CC(NC(=O)OC(C)(C)C)C(C)(C)OCc1ccccc1. The Balaban J connectivity index is 2.27. The predicted octanol–water partition coefficient (Wildman–Crippen LogP) is 4.32. The van der Waals surface area contributed by atoms with Gasteiger partial charge in [-0.05, 0) is 56.1 Å². The number of aromatic nitrogens is 2. The number of hydrogen-bond acceptors (Lipinski definition) is 6. The fourth-order valence-electron chi connectivity index (χ4n) is 2.80. The number of hydrogen-bond donors (Lipinski definition) is 1. The molecular formula is C22H30BrN3O5. The Labute approximate surface area is 191 Å². The van der Waals surface area contributed by atoms with Crippen molar-refractivity contribution in [2.75, 3.05) is 7.11 Å². The van der Waals surface area contributed by atoms with Gasteiger partial charge < -0.3 is 19.5 Å². The number of amides is 1. The number of benzene rings is 1. The molecule has 0 aliphatic rings. The lowest BCUT2D eigenvalue weighted by Gasteiger charge is -2.35. The second kappa shape index (κ2) is 10.3. The van der Waals surface area contributed by atoms with Gasteiger partial charge in [-0.1, -0.05) is 30.3 Å². The molecule has 2 aromatic rings. The van der Waals surface area contributed by atoms with E-state index in [1.807, 2.05) is 44.2 Å². The number of halogens is 1. The molecule has 1 N–H and O–H groups in total. The minimum Gasteiger partial charge on any atom is -0.464 e. The number of ether oxygens (including phenoxy) is 3. The molecule has 0 aliphatic carbocycles. The molecule has 1 atom stereocenters. The van der Waals surface area contributed by atoms with E-state index in [0.29, 0.717) is 11.2 Å². The first-order chi connectivity index (χ1) is 14.4. The molecule has 0 saturated carbocycles. The van der Waals surface area contributed by atoms with Gasteiger partial charge in [0.05, 0.1) is 31.9 Å². The number of rotatable bonds is 8. The summed E-state index contributed by atoms with van der Waals surface area (Å²) in [5.74, 6) is -0.530. The molecule has 9 heteroatoms. The smallest absolute Gasteiger partial charge is 0.408 e. The number of carbonyl (C=O) groups excluding carboxylic acids is 2. The van der Waals surface area contributed by atoms with Crippen molar-refractivity contribution in [1.29, 1.82) is 0 Å². The van der Waals surface area contributed by atoms with Gasteiger partial charge in [0.25, 0.3) is 0 Å². The van der Waals surface area contributed by atoms with Crippen molar-refractivity contribution in [2.45, 2.75) is 65.0 Å². The molecule has 0 saturated heterocycles. The van der Waals surface area contributed by atoms with E-state index in [1.54, 1.807) is 26.8 Å². The van der Waals surface area contributed by atoms with Crippen LogP contribution in [0.3, 0.4) is 0 Å². The van der Waals surface area contributed by atoms with Crippen LogP contribution in [0.15, 0.2) is 41.0 Å². The van der Waals surface area contributed by atoms with Crippen molar-refractivity contribution in [3.8, 4) is 0 Å². The Kier molecular flexibility index (Phi) is 8.25. The average molecular weight is 496 g/mol. The normalized spacial score (nSPS) is 12.9. The second-order valence-corrected chi connectivity index (χ2v) is 9.42. The zero-order valence-corrected chi connectivity index (χ0v) is 20.4. The number of methoxy groups -OCH3 is 1. The van der Waals surface area contributed by atoms with Crippen LogP contribution >= 0.6 is 15.9 Å². The third kappa shape index (κ3) is 7.66. The van der Waals surface area contributed by atoms with Crippen molar-refractivity contribution in [1.82, 2.24) is 15.1 Å². The van der Waals surface area contributed by atoms with Crippen molar-refractivity contribution < 1.29 is 23.8 Å². The molecule has 0 radical (unpaired) electrons. The van der Waals surface area contributed by atoms with E-state index in [2.05, 4.69) is 26.3 Å². The van der Waals surface area contributed by atoms with Gasteiger partial charge in [-0.3, -0.25) is 4.68 Å². The number of carbonyl (C=O) groups is 2. The molecule has 8 nitrogen and oxygen atoms in total. The lowest BCUT2D eigenvalue weighted by Crippen LogP contribution is -2.54. The number of nitrogens with one attached hydrogen (secondary N) is 1. The van der Waals surface area contributed by atoms with Crippen LogP contribution in [0.4, 0.5) is 4.79 Å². The highest BCUT2D eigenvalue weighted by Crippen LogP contribution is 2.22. The van der Waals surface area contributed by atoms with Gasteiger partial charge in [0.15, 0.2) is 0 Å². The Morgan fingerprint density at radius 3 is 2.39 bits per heavy atom. The van der Waals surface area contributed by atoms with E-state index in [9.17, 15) is 9.59 Å². The monoisotopic (exact) mass is 495 g/mol. The van der Waals surface area contributed by atoms with Crippen LogP contribution in [0.5, 0.6) is 0 Å². The largest absolute Gasteiger partial charge is 0.464 e. The highest BCUT2D eigenvalue weighted by Gasteiger charge is 2.35. The van der Waals surface area contributed by atoms with Gasteiger partial charge in [-0.15, -0.1) is 0 Å². The summed E-state index contributed by atoms with van der Waals surface area (Å²) in [6.45, 7) is 9.63. The summed E-state index contributed by atoms with van der Waals surface area (Å²) in [6, 6.07) is 10.7. The summed E-state index contributed by atoms with van der Waals surface area (Å²) in [6.07, 6.45) is -0.584. The minimum absolute atomic E-state index is 0.164. The van der Waals surface area contributed by atoms with E-state index < -0.39 is 29.3 Å². The molecule has 1 amide bonds. The summed E-state index contributed by atoms with van der Waals surface area (Å²) in [5.41, 5.74) is -0.221. The maximum Gasteiger partial charge on any atom is 0.408 e. The predicted molar refractivity (Wildman–Crippen MR) is 120 cm³/mol. The third-order valence-corrected chi connectivity index (χ3v) is 4.87. The maximum absolute atomic E-state index is 12.5. The van der Waals surface area contributed by atoms with E-state index in [-0.39, 0.29) is 12.2 Å². The van der Waals surface area contributed by atoms with Crippen LogP contribution in [-0.2, 0) is 27.4 Å². The molecule has 1 unspecified atom stereocenters. The van der Waals surface area contributed by atoms with Crippen molar-refractivity contribution >= 4 is 28.0 Å². The number of esters is 1. The highest BCUT2D eigenvalue weighted by atomic mass is 79.9. The quantitative estimate of drug-likeness (QED) is 0.548. The fraction of sp³-hybridized carbons (Fsp3) is 0.500. The molecule has 1 heterocycles. The standard InChI is InChI=1S/C22H30BrN3O5/c1-21(2,3)31-20(28)24-17(13-26-16(19(27)29-6)12-18(23)25-26)22(4,5)30-14-15-10-8-7-9-11-15/h7-12,17H,13-14H2,1-6H3,(H,24,28). The average Bonchev–Trinajstić information content (AvgIpc) is 3.05. The third-order valence-electron chi connectivity index (χ3n) is 4.48. The first-order valence-electron chi connectivity index (χ1n) is 9.90. The second-order valence-electron chi connectivity index (χ2n) is 8.60. The molecule has 1 aromatic carbocycles. The van der Waals surface area contributed by atoms with Crippen LogP contribution in [0, 0.1) is 0 Å². The Morgan fingerprint density at radius 2 is 1.81 bits per heavy atom. The van der Waals surface area contributed by atoms with Crippen LogP contribution in [-0.4, -0.2) is 46.2 Å². The van der Waals surface area contributed by atoms with Gasteiger partial charge >= 0.3 is 12.1 Å². The first kappa shape index (κ1) is 24.9. The van der Waals surface area contributed by atoms with E-state index >= 15 is 0 Å². The fourth-order valence-corrected chi connectivity index (χ4v) is 3.21. The van der Waals surface area contributed by atoms with Crippen LogP contribution < -0.4 is 5.32 Å². The summed E-state index contributed by atoms with van der Waals surface area (Å²) >= 11 is 3.29. The van der Waals surface area contributed by atoms with Crippen molar-refractivity contribution in [3.05, 3.63) is 52.3 Å². The van der Waals surface area contributed by atoms with E-state index in [0.717, 1.165) is 5.56 Å². The molecular weight excluding hydrogens is 466 g/mol. The van der Waals surface area contributed by atoms with Crippen molar-refractivity contribution in [3.63, 3.8) is 0 Å². The maximum atomic E-state index is 12.5. The molecule has 1 aromatic heterocycles. The van der Waals surface area contributed by atoms with Gasteiger partial charge in [-0.2, -0.15) is 5.10 Å². The Bertz CT molecular complexity index is 890. The van der Waals surface area contributed by atoms with Gasteiger partial charge in [0, 0.05) is 6.07 Å². The first-order valence-corrected chi connectivity index (χ1v) is 10.7. The van der Waals surface area contributed by atoms with Crippen LogP contribution in [0.1, 0.15) is 50.7 Å². The molecule has 0 aliphatic heterocycles. The summed E-state index contributed by atoms with van der Waals surface area (Å²) in [7, 11) is 1.30. The minimum atomic E-state index is -0.821. The van der Waals surface area contributed by atoms with Crippen LogP contribution in [0.25, 0.3) is 0 Å². The Hall–Kier alpha value is -2.39. The van der Waals surface area contributed by atoms with E-state index in [4.69, 9.17) is 14.2 Å². The summed E-state index contributed by atoms with van der Waals surface area (Å²) < 4.78 is 18.4. The van der Waals surface area contributed by atoms with Gasteiger partial charge in [-0.25, -0.2) is 9.59 Å². The highest BCUT2D eigenvalue weighted by molar-refractivity contribution is 9.10. The topological polar surface area (TPSA) is 91.7 Å². The van der Waals surface area contributed by atoms with E-state index in [1.165, 1.54) is 11.8 Å². The summed E-state index contributed by atoms with van der Waals surface area (Å²) in [5, 5.41) is 7.20. The molecule has 31 heavy (non-hydrogen) atoms. The molecule has 0 spiro atoms. The molecule has 170 valence electrons. The zero-order chi connectivity index (χ0) is 23.2. The van der Waals surface area contributed by atoms with Gasteiger partial charge in [0.2, 0.25) is 0 Å². The number of alkyl carbamates (subject to hydrolysis) is 1. The zero-order valence-electron chi connectivity index (χ0n) is 18.8. The molecule has 2 rings (SSSR count). The Morgan fingerprint density at radius 1 is 1.16 bits per heavy atom.